The van der Waals surface area contributed by atoms with Crippen molar-refractivity contribution in [2.24, 2.45) is 15.9 Å². The highest BCUT2D eigenvalue weighted by Gasteiger charge is 2.10. The minimum atomic E-state index is -0.440. The Labute approximate surface area is 150 Å². The molecule has 2 N–H and O–H groups in total. The molecule has 2 rings (SSSR count). The summed E-state index contributed by atoms with van der Waals surface area (Å²) in [5.41, 5.74) is 8.39. The average molecular weight is 357 g/mol. The van der Waals surface area contributed by atoms with Gasteiger partial charge in [0, 0.05) is 43.2 Å². The highest BCUT2D eigenvalue weighted by atomic mass is 32.2. The number of amidine groups is 1. The smallest absolute Gasteiger partial charge is 0.270 e. The van der Waals surface area contributed by atoms with Gasteiger partial charge in [-0.1, -0.05) is 42.1 Å². The van der Waals surface area contributed by atoms with E-state index in [1.54, 1.807) is 6.07 Å². The Kier molecular flexibility index (Phi) is 6.53. The molecule has 0 radical (unpaired) electrons. The molecule has 0 saturated heterocycles. The lowest BCUT2D eigenvalue weighted by Gasteiger charge is -2.14. The van der Waals surface area contributed by atoms with Crippen LogP contribution in [0.3, 0.4) is 0 Å². The van der Waals surface area contributed by atoms with Crippen molar-refractivity contribution in [2.45, 2.75) is 5.75 Å². The van der Waals surface area contributed by atoms with Crippen LogP contribution in [0, 0.1) is 10.1 Å². The van der Waals surface area contributed by atoms with Gasteiger partial charge in [0.1, 0.15) is 0 Å². The number of nitrogens with zero attached hydrogens (tertiary/aromatic N) is 4. The van der Waals surface area contributed by atoms with Gasteiger partial charge in [0.05, 0.1) is 11.1 Å². The van der Waals surface area contributed by atoms with Crippen LogP contribution in [0.4, 0.5) is 11.4 Å². The Balaban J connectivity index is 2.09. The molecule has 0 atom stereocenters. The highest BCUT2D eigenvalue weighted by molar-refractivity contribution is 8.13. The van der Waals surface area contributed by atoms with Gasteiger partial charge >= 0.3 is 0 Å². The second-order valence-corrected chi connectivity index (χ2v) is 6.35. The van der Waals surface area contributed by atoms with Crippen molar-refractivity contribution in [3.8, 4) is 0 Å². The van der Waals surface area contributed by atoms with Crippen LogP contribution in [0.5, 0.6) is 0 Å². The Morgan fingerprint density at radius 3 is 2.64 bits per heavy atom. The number of thioether (sulfide) groups is 1. The highest BCUT2D eigenvalue weighted by Crippen LogP contribution is 2.22. The van der Waals surface area contributed by atoms with Crippen molar-refractivity contribution in [3.05, 3.63) is 69.8 Å². The SMILES string of the molecule is CN(C)c1ccc([N+](=O)[O-])cc1C=NN=C(N)SCc1ccccc1. The van der Waals surface area contributed by atoms with Gasteiger partial charge in [-0.05, 0) is 11.6 Å². The van der Waals surface area contributed by atoms with E-state index in [4.69, 9.17) is 5.73 Å². The molecule has 130 valence electrons. The van der Waals surface area contributed by atoms with Crippen molar-refractivity contribution in [2.75, 3.05) is 19.0 Å². The fraction of sp³-hybridized carbons (Fsp3) is 0.176. The van der Waals surface area contributed by atoms with Crippen LogP contribution in [0.1, 0.15) is 11.1 Å². The van der Waals surface area contributed by atoms with Gasteiger partial charge in [-0.15, -0.1) is 5.10 Å². The van der Waals surface area contributed by atoms with Gasteiger partial charge in [-0.2, -0.15) is 5.10 Å². The van der Waals surface area contributed by atoms with Crippen molar-refractivity contribution in [1.82, 2.24) is 0 Å². The molecule has 0 amide bonds. The number of hydrogen-bond donors (Lipinski definition) is 1. The Hall–Kier alpha value is -2.87. The lowest BCUT2D eigenvalue weighted by Crippen LogP contribution is -2.11. The molecule has 0 aliphatic carbocycles. The predicted molar refractivity (Wildman–Crippen MR) is 104 cm³/mol. The van der Waals surface area contributed by atoms with E-state index in [1.165, 1.54) is 30.1 Å². The Morgan fingerprint density at radius 2 is 2.00 bits per heavy atom. The summed E-state index contributed by atoms with van der Waals surface area (Å²) in [5, 5.41) is 19.2. The molecule has 0 aliphatic heterocycles. The third-order valence-electron chi connectivity index (χ3n) is 3.29. The van der Waals surface area contributed by atoms with E-state index >= 15 is 0 Å². The van der Waals surface area contributed by atoms with Crippen LogP contribution < -0.4 is 10.6 Å². The first-order valence-corrected chi connectivity index (χ1v) is 8.45. The van der Waals surface area contributed by atoms with E-state index < -0.39 is 4.92 Å². The standard InChI is InChI=1S/C17H19N5O2S/c1-21(2)16-9-8-15(22(23)24)10-14(16)11-19-20-17(18)25-12-13-6-4-3-5-7-13/h3-11H,12H2,1-2H3,(H2,18,20). The van der Waals surface area contributed by atoms with Gasteiger partial charge < -0.3 is 10.6 Å². The summed E-state index contributed by atoms with van der Waals surface area (Å²) < 4.78 is 0. The molecular weight excluding hydrogens is 338 g/mol. The molecule has 2 aromatic carbocycles. The molecule has 25 heavy (non-hydrogen) atoms. The van der Waals surface area contributed by atoms with E-state index in [2.05, 4.69) is 10.2 Å². The van der Waals surface area contributed by atoms with Gasteiger partial charge in [0.15, 0.2) is 5.17 Å². The lowest BCUT2D eigenvalue weighted by molar-refractivity contribution is -0.384. The largest absolute Gasteiger partial charge is 0.377 e. The van der Waals surface area contributed by atoms with Gasteiger partial charge in [-0.25, -0.2) is 0 Å². The van der Waals surface area contributed by atoms with E-state index in [9.17, 15) is 10.1 Å². The average Bonchev–Trinajstić information content (AvgIpc) is 2.60. The minimum absolute atomic E-state index is 0.00227. The number of non-ortho nitro benzene ring substituents is 1. The van der Waals surface area contributed by atoms with Crippen molar-refractivity contribution in [1.29, 1.82) is 0 Å². The summed E-state index contributed by atoms with van der Waals surface area (Å²) >= 11 is 1.38. The number of rotatable bonds is 6. The fourth-order valence-corrected chi connectivity index (χ4v) is 2.69. The minimum Gasteiger partial charge on any atom is -0.377 e. The first-order valence-electron chi connectivity index (χ1n) is 7.46. The summed E-state index contributed by atoms with van der Waals surface area (Å²) in [6.45, 7) is 0. The van der Waals surface area contributed by atoms with E-state index in [0.29, 0.717) is 16.5 Å². The summed E-state index contributed by atoms with van der Waals surface area (Å²) in [6, 6.07) is 14.5. The second-order valence-electron chi connectivity index (χ2n) is 5.35. The summed E-state index contributed by atoms with van der Waals surface area (Å²) in [6.07, 6.45) is 1.47. The van der Waals surface area contributed by atoms with E-state index in [1.807, 2.05) is 49.3 Å². The maximum absolute atomic E-state index is 10.9. The van der Waals surface area contributed by atoms with Crippen LogP contribution in [0.2, 0.25) is 0 Å². The van der Waals surface area contributed by atoms with Crippen LogP contribution in [-0.4, -0.2) is 30.4 Å². The molecule has 0 aromatic heterocycles. The predicted octanol–water partition coefficient (Wildman–Crippen LogP) is 3.24. The lowest BCUT2D eigenvalue weighted by atomic mass is 10.1. The summed E-state index contributed by atoms with van der Waals surface area (Å²) in [5.74, 6) is 0.700. The molecule has 0 aliphatic rings. The first-order chi connectivity index (χ1) is 12.0. The molecule has 0 saturated carbocycles. The van der Waals surface area contributed by atoms with Crippen LogP contribution in [0.15, 0.2) is 58.7 Å². The molecule has 0 unspecified atom stereocenters. The van der Waals surface area contributed by atoms with Crippen LogP contribution in [0.25, 0.3) is 0 Å². The monoisotopic (exact) mass is 357 g/mol. The van der Waals surface area contributed by atoms with E-state index in [0.717, 1.165) is 11.3 Å². The molecular formula is C17H19N5O2S. The van der Waals surface area contributed by atoms with Crippen molar-refractivity contribution < 1.29 is 4.92 Å². The quantitative estimate of drug-likeness (QED) is 0.370. The third-order valence-corrected chi connectivity index (χ3v) is 4.14. The van der Waals surface area contributed by atoms with Crippen molar-refractivity contribution >= 4 is 34.5 Å². The normalized spacial score (nSPS) is 11.7. The molecule has 2 aromatic rings. The maximum atomic E-state index is 10.9. The molecule has 0 fully saturated rings. The Bertz CT molecular complexity index is 791. The zero-order valence-electron chi connectivity index (χ0n) is 14.0. The molecule has 0 bridgehead atoms. The number of nitro groups is 1. The number of nitrogens with two attached hydrogens (primary N) is 1. The molecule has 0 spiro atoms. The molecule has 8 heteroatoms. The van der Waals surface area contributed by atoms with Crippen LogP contribution in [-0.2, 0) is 5.75 Å². The number of benzene rings is 2. The topological polar surface area (TPSA) is 97.1 Å². The first kappa shape index (κ1) is 18.5. The van der Waals surface area contributed by atoms with E-state index in [-0.39, 0.29) is 5.69 Å². The third kappa shape index (κ3) is 5.61. The summed E-state index contributed by atoms with van der Waals surface area (Å²) in [4.78, 5) is 12.3. The number of anilines is 1. The number of nitro benzene ring substituents is 1. The van der Waals surface area contributed by atoms with Gasteiger partial charge in [0.25, 0.3) is 5.69 Å². The zero-order chi connectivity index (χ0) is 18.2. The Morgan fingerprint density at radius 1 is 1.28 bits per heavy atom. The van der Waals surface area contributed by atoms with Crippen LogP contribution >= 0.6 is 11.8 Å². The number of hydrogen-bond acceptors (Lipinski definition) is 6. The maximum Gasteiger partial charge on any atom is 0.270 e. The molecule has 0 heterocycles. The fourth-order valence-electron chi connectivity index (χ4n) is 2.07. The second kappa shape index (κ2) is 8.84. The van der Waals surface area contributed by atoms with Gasteiger partial charge in [0.2, 0.25) is 0 Å². The zero-order valence-corrected chi connectivity index (χ0v) is 14.8. The van der Waals surface area contributed by atoms with Gasteiger partial charge in [-0.3, -0.25) is 10.1 Å². The summed E-state index contributed by atoms with van der Waals surface area (Å²) in [7, 11) is 3.71. The van der Waals surface area contributed by atoms with Crippen molar-refractivity contribution in [3.63, 3.8) is 0 Å². The molecule has 7 nitrogen and oxygen atoms in total.